The van der Waals surface area contributed by atoms with Crippen molar-refractivity contribution in [1.82, 2.24) is 9.97 Å². The van der Waals surface area contributed by atoms with Crippen molar-refractivity contribution < 1.29 is 4.79 Å². The van der Waals surface area contributed by atoms with Gasteiger partial charge >= 0.3 is 0 Å². The molecule has 2 heterocycles. The van der Waals surface area contributed by atoms with Gasteiger partial charge in [-0.2, -0.15) is 0 Å². The van der Waals surface area contributed by atoms with Crippen molar-refractivity contribution in [2.24, 2.45) is 0 Å². The largest absolute Gasteiger partial charge is 0.356 e. The van der Waals surface area contributed by atoms with Crippen LogP contribution in [0.3, 0.4) is 0 Å². The minimum Gasteiger partial charge on any atom is -0.356 e. The Morgan fingerprint density at radius 1 is 1.04 bits per heavy atom. The van der Waals surface area contributed by atoms with E-state index in [0.717, 1.165) is 31.7 Å². The second kappa shape index (κ2) is 7.36. The number of nitrogens with zero attached hydrogens (tertiary/aromatic N) is 3. The molecule has 0 aliphatic carbocycles. The highest BCUT2D eigenvalue weighted by atomic mass is 35.5. The van der Waals surface area contributed by atoms with Crippen molar-refractivity contribution in [3.63, 3.8) is 0 Å². The number of hydrogen-bond donors (Lipinski definition) is 1. The van der Waals surface area contributed by atoms with E-state index in [2.05, 4.69) is 20.2 Å². The van der Waals surface area contributed by atoms with Crippen molar-refractivity contribution in [2.45, 2.75) is 26.2 Å². The van der Waals surface area contributed by atoms with Crippen LogP contribution in [0.15, 0.2) is 24.3 Å². The Morgan fingerprint density at radius 2 is 1.71 bits per heavy atom. The van der Waals surface area contributed by atoms with Gasteiger partial charge in [0, 0.05) is 34.9 Å². The number of rotatable bonds is 3. The number of halogens is 2. The van der Waals surface area contributed by atoms with Gasteiger partial charge in [-0.25, -0.2) is 9.97 Å². The van der Waals surface area contributed by atoms with Crippen molar-refractivity contribution in [1.29, 1.82) is 0 Å². The van der Waals surface area contributed by atoms with Crippen LogP contribution in [0.1, 0.15) is 35.6 Å². The third-order valence-corrected chi connectivity index (χ3v) is 4.29. The predicted molar refractivity (Wildman–Crippen MR) is 97.2 cm³/mol. The lowest BCUT2D eigenvalue weighted by molar-refractivity contribution is 0.102. The van der Waals surface area contributed by atoms with Crippen molar-refractivity contribution in [3.8, 4) is 0 Å². The average molecular weight is 365 g/mol. The smallest absolute Gasteiger partial charge is 0.274 e. The standard InChI is InChI=1S/C17H18Cl2N4O/c1-11-20-15(10-16(21-11)23-5-3-2-4-6-23)17(24)22-14-8-12(18)7-13(19)9-14/h7-10H,2-6H2,1H3,(H,22,24). The van der Waals surface area contributed by atoms with E-state index in [1.54, 1.807) is 31.2 Å². The number of aryl methyl sites for hydroxylation is 1. The summed E-state index contributed by atoms with van der Waals surface area (Å²) in [5.74, 6) is 1.07. The van der Waals surface area contributed by atoms with E-state index in [1.165, 1.54) is 6.42 Å². The lowest BCUT2D eigenvalue weighted by Gasteiger charge is -2.28. The molecule has 1 fully saturated rings. The van der Waals surface area contributed by atoms with Gasteiger partial charge in [-0.3, -0.25) is 4.79 Å². The maximum absolute atomic E-state index is 12.5. The van der Waals surface area contributed by atoms with Gasteiger partial charge < -0.3 is 10.2 Å². The van der Waals surface area contributed by atoms with Crippen molar-refractivity contribution in [3.05, 3.63) is 45.8 Å². The van der Waals surface area contributed by atoms with E-state index in [0.29, 0.717) is 27.3 Å². The van der Waals surface area contributed by atoms with E-state index < -0.39 is 0 Å². The maximum atomic E-state index is 12.5. The Balaban J connectivity index is 1.82. The minimum atomic E-state index is -0.308. The first kappa shape index (κ1) is 17.0. The number of hydrogen-bond acceptors (Lipinski definition) is 4. The van der Waals surface area contributed by atoms with Gasteiger partial charge in [0.25, 0.3) is 5.91 Å². The molecule has 7 heteroatoms. The summed E-state index contributed by atoms with van der Waals surface area (Å²) in [6, 6.07) is 6.64. The Labute approximate surface area is 151 Å². The molecular weight excluding hydrogens is 347 g/mol. The van der Waals surface area contributed by atoms with Crippen LogP contribution in [0, 0.1) is 6.92 Å². The van der Waals surface area contributed by atoms with E-state index in [-0.39, 0.29) is 5.91 Å². The lowest BCUT2D eigenvalue weighted by atomic mass is 10.1. The molecule has 3 rings (SSSR count). The fourth-order valence-corrected chi connectivity index (χ4v) is 3.30. The Kier molecular flexibility index (Phi) is 5.21. The fourth-order valence-electron chi connectivity index (χ4n) is 2.77. The van der Waals surface area contributed by atoms with Crippen molar-refractivity contribution >= 4 is 40.6 Å². The van der Waals surface area contributed by atoms with Crippen LogP contribution < -0.4 is 10.2 Å². The second-order valence-corrected chi connectivity index (χ2v) is 6.69. The molecule has 0 saturated carbocycles. The van der Waals surface area contributed by atoms with Crippen LogP contribution in [-0.4, -0.2) is 29.0 Å². The molecule has 1 aromatic carbocycles. The quantitative estimate of drug-likeness (QED) is 0.879. The maximum Gasteiger partial charge on any atom is 0.274 e. The van der Waals surface area contributed by atoms with Gasteiger partial charge in [0.05, 0.1) is 0 Å². The van der Waals surface area contributed by atoms with E-state index in [1.807, 2.05) is 0 Å². The van der Waals surface area contributed by atoms with Crippen LogP contribution in [0.5, 0.6) is 0 Å². The SMILES string of the molecule is Cc1nc(C(=O)Nc2cc(Cl)cc(Cl)c2)cc(N2CCCCC2)n1. The van der Waals surface area contributed by atoms with E-state index in [9.17, 15) is 4.79 Å². The number of carbonyl (C=O) groups excluding carboxylic acids is 1. The molecule has 2 aromatic rings. The summed E-state index contributed by atoms with van der Waals surface area (Å²) in [5, 5.41) is 3.71. The summed E-state index contributed by atoms with van der Waals surface area (Å²) in [6.07, 6.45) is 3.53. The molecule has 0 unspecified atom stereocenters. The van der Waals surface area contributed by atoms with E-state index >= 15 is 0 Å². The van der Waals surface area contributed by atoms with Crippen LogP contribution in [0.2, 0.25) is 10.0 Å². The van der Waals surface area contributed by atoms with Crippen LogP contribution in [0.25, 0.3) is 0 Å². The summed E-state index contributed by atoms with van der Waals surface area (Å²) in [7, 11) is 0. The number of anilines is 2. The molecule has 1 amide bonds. The van der Waals surface area contributed by atoms with Crippen LogP contribution in [0.4, 0.5) is 11.5 Å². The van der Waals surface area contributed by atoms with Gasteiger partial charge in [-0.05, 0) is 44.4 Å². The molecular formula is C17H18Cl2N4O. The van der Waals surface area contributed by atoms with Crippen molar-refractivity contribution in [2.75, 3.05) is 23.3 Å². The Morgan fingerprint density at radius 3 is 2.38 bits per heavy atom. The zero-order chi connectivity index (χ0) is 17.1. The molecule has 1 aliphatic heterocycles. The summed E-state index contributed by atoms with van der Waals surface area (Å²) >= 11 is 11.9. The first-order valence-corrected chi connectivity index (χ1v) is 8.65. The summed E-state index contributed by atoms with van der Waals surface area (Å²) in [4.78, 5) is 23.4. The van der Waals surface area contributed by atoms with Gasteiger partial charge in [0.2, 0.25) is 0 Å². The number of amides is 1. The van der Waals surface area contributed by atoms with Gasteiger partial charge in [0.15, 0.2) is 0 Å². The van der Waals surface area contributed by atoms with Gasteiger partial charge in [0.1, 0.15) is 17.3 Å². The zero-order valence-electron chi connectivity index (χ0n) is 13.4. The zero-order valence-corrected chi connectivity index (χ0v) is 14.9. The minimum absolute atomic E-state index is 0.308. The molecule has 1 aromatic heterocycles. The van der Waals surface area contributed by atoms with Crippen LogP contribution in [-0.2, 0) is 0 Å². The second-order valence-electron chi connectivity index (χ2n) is 5.82. The molecule has 0 radical (unpaired) electrons. The highest BCUT2D eigenvalue weighted by Gasteiger charge is 2.17. The molecule has 0 bridgehead atoms. The third-order valence-electron chi connectivity index (χ3n) is 3.86. The number of benzene rings is 1. The van der Waals surface area contributed by atoms with Gasteiger partial charge in [-0.15, -0.1) is 0 Å². The topological polar surface area (TPSA) is 58.1 Å². The number of nitrogens with one attached hydrogen (secondary N) is 1. The summed E-state index contributed by atoms with van der Waals surface area (Å²) in [6.45, 7) is 3.71. The predicted octanol–water partition coefficient (Wildman–Crippen LogP) is 4.33. The number of aromatic nitrogens is 2. The van der Waals surface area contributed by atoms with Crippen LogP contribution >= 0.6 is 23.2 Å². The molecule has 24 heavy (non-hydrogen) atoms. The number of carbonyl (C=O) groups is 1. The molecule has 0 atom stereocenters. The highest BCUT2D eigenvalue weighted by Crippen LogP contribution is 2.23. The Hall–Kier alpha value is -1.85. The average Bonchev–Trinajstić information content (AvgIpc) is 2.54. The number of piperidine rings is 1. The molecule has 1 aliphatic rings. The first-order valence-electron chi connectivity index (χ1n) is 7.89. The monoisotopic (exact) mass is 364 g/mol. The first-order chi connectivity index (χ1) is 11.5. The third kappa shape index (κ3) is 4.16. The van der Waals surface area contributed by atoms with Gasteiger partial charge in [-0.1, -0.05) is 23.2 Å². The molecule has 5 nitrogen and oxygen atoms in total. The molecule has 126 valence electrons. The lowest BCUT2D eigenvalue weighted by Crippen LogP contribution is -2.31. The molecule has 1 N–H and O–H groups in total. The highest BCUT2D eigenvalue weighted by molar-refractivity contribution is 6.35. The summed E-state index contributed by atoms with van der Waals surface area (Å²) in [5.41, 5.74) is 0.868. The molecule has 1 saturated heterocycles. The Bertz CT molecular complexity index is 740. The van der Waals surface area contributed by atoms with E-state index in [4.69, 9.17) is 23.2 Å². The molecule has 0 spiro atoms. The fraction of sp³-hybridized carbons (Fsp3) is 0.353. The summed E-state index contributed by atoms with van der Waals surface area (Å²) < 4.78 is 0. The normalized spacial score (nSPS) is 14.5.